The lowest BCUT2D eigenvalue weighted by molar-refractivity contribution is -0.121. The summed E-state index contributed by atoms with van der Waals surface area (Å²) in [7, 11) is 0. The smallest absolute Gasteiger partial charge is 0.273 e. The molecule has 0 spiro atoms. The van der Waals surface area contributed by atoms with Crippen molar-refractivity contribution in [2.24, 2.45) is 0 Å². The molecule has 8 heteroatoms. The molecule has 1 aromatic rings. The van der Waals surface area contributed by atoms with E-state index in [0.717, 1.165) is 6.33 Å². The first-order chi connectivity index (χ1) is 7.56. The van der Waals surface area contributed by atoms with Gasteiger partial charge in [-0.15, -0.1) is 0 Å². The summed E-state index contributed by atoms with van der Waals surface area (Å²) in [4.78, 5) is 29.6. The summed E-state index contributed by atoms with van der Waals surface area (Å²) in [5, 5.41) is -0.161. The lowest BCUT2D eigenvalue weighted by atomic mass is 10.3. The zero-order chi connectivity index (χ0) is 12.1. The number of halogens is 2. The maximum Gasteiger partial charge on any atom is 0.275 e. The normalized spacial score (nSPS) is 9.69. The van der Waals surface area contributed by atoms with E-state index in [-0.39, 0.29) is 28.2 Å². The van der Waals surface area contributed by atoms with Crippen molar-refractivity contribution in [3.8, 4) is 0 Å². The third kappa shape index (κ3) is 3.04. The van der Waals surface area contributed by atoms with E-state index >= 15 is 0 Å². The predicted molar refractivity (Wildman–Crippen MR) is 58.0 cm³/mol. The molecular formula is C8H8Cl2N4O2. The molecule has 0 fully saturated rings. The van der Waals surface area contributed by atoms with Crippen LogP contribution in [-0.2, 0) is 4.79 Å². The number of carbonyl (C=O) groups is 2. The van der Waals surface area contributed by atoms with Crippen molar-refractivity contribution in [3.63, 3.8) is 0 Å². The first-order valence-corrected chi connectivity index (χ1v) is 5.07. The molecule has 0 bridgehead atoms. The first-order valence-electron chi connectivity index (χ1n) is 4.31. The van der Waals surface area contributed by atoms with Crippen molar-refractivity contribution in [1.29, 1.82) is 0 Å². The van der Waals surface area contributed by atoms with Gasteiger partial charge in [-0.1, -0.05) is 30.1 Å². The fourth-order valence-electron chi connectivity index (χ4n) is 0.809. The molecule has 1 heterocycles. The van der Waals surface area contributed by atoms with Gasteiger partial charge in [-0.3, -0.25) is 20.4 Å². The number of aromatic nitrogens is 2. The van der Waals surface area contributed by atoms with Gasteiger partial charge in [-0.2, -0.15) is 0 Å². The molecule has 0 unspecified atom stereocenters. The van der Waals surface area contributed by atoms with Crippen molar-refractivity contribution in [1.82, 2.24) is 20.8 Å². The molecule has 0 aliphatic rings. The van der Waals surface area contributed by atoms with E-state index in [0.29, 0.717) is 0 Å². The molecule has 0 aliphatic carbocycles. The minimum atomic E-state index is -0.669. The van der Waals surface area contributed by atoms with E-state index in [4.69, 9.17) is 23.2 Å². The van der Waals surface area contributed by atoms with Crippen LogP contribution in [0.3, 0.4) is 0 Å². The molecule has 1 rings (SSSR count). The van der Waals surface area contributed by atoms with Crippen molar-refractivity contribution >= 4 is 35.0 Å². The van der Waals surface area contributed by atoms with Gasteiger partial charge >= 0.3 is 0 Å². The Labute approximate surface area is 101 Å². The van der Waals surface area contributed by atoms with Crippen LogP contribution in [0.2, 0.25) is 10.3 Å². The molecule has 0 aliphatic heterocycles. The maximum atomic E-state index is 11.5. The number of nitrogens with one attached hydrogen (secondary N) is 2. The SMILES string of the molecule is CCC(=O)NNC(=O)c1c(Cl)ncnc1Cl. The lowest BCUT2D eigenvalue weighted by Gasteiger charge is -2.07. The van der Waals surface area contributed by atoms with Crippen molar-refractivity contribution in [3.05, 3.63) is 22.2 Å². The Balaban J connectivity index is 2.77. The van der Waals surface area contributed by atoms with Gasteiger partial charge in [0, 0.05) is 6.42 Å². The van der Waals surface area contributed by atoms with E-state index < -0.39 is 5.91 Å². The Morgan fingerprint density at radius 3 is 2.31 bits per heavy atom. The van der Waals surface area contributed by atoms with Gasteiger partial charge in [0.25, 0.3) is 5.91 Å². The maximum absolute atomic E-state index is 11.5. The summed E-state index contributed by atoms with van der Waals surface area (Å²) < 4.78 is 0. The van der Waals surface area contributed by atoms with Gasteiger partial charge in [-0.05, 0) is 0 Å². The van der Waals surface area contributed by atoms with Crippen LogP contribution in [0.25, 0.3) is 0 Å². The Kier molecular flexibility index (Phi) is 4.45. The van der Waals surface area contributed by atoms with E-state index in [2.05, 4.69) is 20.8 Å². The highest BCUT2D eigenvalue weighted by atomic mass is 35.5. The molecule has 0 aromatic carbocycles. The molecule has 16 heavy (non-hydrogen) atoms. The molecule has 0 saturated heterocycles. The van der Waals surface area contributed by atoms with E-state index in [1.807, 2.05) is 0 Å². The Hall–Kier alpha value is -1.40. The standard InChI is InChI=1S/C8H8Cl2N4O2/c1-2-4(15)13-14-8(16)5-6(9)11-3-12-7(5)10/h3H,2H2,1H3,(H,13,15)(H,14,16). The van der Waals surface area contributed by atoms with E-state index in [9.17, 15) is 9.59 Å². The van der Waals surface area contributed by atoms with Gasteiger partial charge in [-0.25, -0.2) is 9.97 Å². The van der Waals surface area contributed by atoms with Gasteiger partial charge in [0.05, 0.1) is 0 Å². The van der Waals surface area contributed by atoms with E-state index in [1.54, 1.807) is 6.92 Å². The summed E-state index contributed by atoms with van der Waals surface area (Å²) in [5.74, 6) is -1.00. The second kappa shape index (κ2) is 5.62. The highest BCUT2D eigenvalue weighted by Gasteiger charge is 2.16. The quantitative estimate of drug-likeness (QED) is 0.614. The first kappa shape index (κ1) is 12.7. The molecule has 86 valence electrons. The fourth-order valence-corrected chi connectivity index (χ4v) is 1.30. The Morgan fingerprint density at radius 1 is 1.25 bits per heavy atom. The largest absolute Gasteiger partial charge is 0.275 e. The fraction of sp³-hybridized carbons (Fsp3) is 0.250. The van der Waals surface area contributed by atoms with Crippen LogP contribution in [0, 0.1) is 0 Å². The third-order valence-corrected chi connectivity index (χ3v) is 2.19. The van der Waals surface area contributed by atoms with Crippen LogP contribution in [0.4, 0.5) is 0 Å². The van der Waals surface area contributed by atoms with Crippen LogP contribution < -0.4 is 10.9 Å². The van der Waals surface area contributed by atoms with Crippen LogP contribution >= 0.6 is 23.2 Å². The van der Waals surface area contributed by atoms with Crippen LogP contribution in [0.1, 0.15) is 23.7 Å². The lowest BCUT2D eigenvalue weighted by Crippen LogP contribution is -2.41. The molecule has 0 radical (unpaired) electrons. The topological polar surface area (TPSA) is 84.0 Å². The van der Waals surface area contributed by atoms with Crippen LogP contribution in [0.5, 0.6) is 0 Å². The summed E-state index contributed by atoms with van der Waals surface area (Å²) in [6, 6.07) is 0. The summed E-state index contributed by atoms with van der Waals surface area (Å²) in [5.41, 5.74) is 4.24. The van der Waals surface area contributed by atoms with Gasteiger partial charge in [0.15, 0.2) is 0 Å². The van der Waals surface area contributed by atoms with E-state index in [1.165, 1.54) is 0 Å². The van der Waals surface area contributed by atoms with Crippen LogP contribution in [-0.4, -0.2) is 21.8 Å². The number of rotatable bonds is 2. The minimum absolute atomic E-state index is 0.0803. The molecule has 0 saturated carbocycles. The van der Waals surface area contributed by atoms with Gasteiger partial charge in [0.2, 0.25) is 5.91 Å². The number of nitrogens with zero attached hydrogens (tertiary/aromatic N) is 2. The molecule has 1 aromatic heterocycles. The molecule has 2 amide bonds. The Bertz CT molecular complexity index is 404. The summed E-state index contributed by atoms with van der Waals surface area (Å²) in [6.45, 7) is 1.65. The highest BCUT2D eigenvalue weighted by molar-refractivity contribution is 6.38. The van der Waals surface area contributed by atoms with Crippen LogP contribution in [0.15, 0.2) is 6.33 Å². The number of carbonyl (C=O) groups excluding carboxylic acids is 2. The average molecular weight is 263 g/mol. The second-order valence-corrected chi connectivity index (χ2v) is 3.40. The van der Waals surface area contributed by atoms with Gasteiger partial charge < -0.3 is 0 Å². The second-order valence-electron chi connectivity index (χ2n) is 2.69. The van der Waals surface area contributed by atoms with Crippen molar-refractivity contribution < 1.29 is 9.59 Å². The molecule has 0 atom stereocenters. The molecule has 2 N–H and O–H groups in total. The number of hydrogen-bond acceptors (Lipinski definition) is 4. The van der Waals surface area contributed by atoms with Crippen molar-refractivity contribution in [2.75, 3.05) is 0 Å². The minimum Gasteiger partial charge on any atom is -0.273 e. The zero-order valence-electron chi connectivity index (χ0n) is 8.25. The monoisotopic (exact) mass is 262 g/mol. The van der Waals surface area contributed by atoms with Crippen molar-refractivity contribution in [2.45, 2.75) is 13.3 Å². The zero-order valence-corrected chi connectivity index (χ0v) is 9.76. The number of amides is 2. The Morgan fingerprint density at radius 2 is 1.81 bits per heavy atom. The number of hydrogen-bond donors (Lipinski definition) is 2. The highest BCUT2D eigenvalue weighted by Crippen LogP contribution is 2.18. The summed E-state index contributed by atoms with van der Waals surface area (Å²) >= 11 is 11.3. The van der Waals surface area contributed by atoms with Gasteiger partial charge in [0.1, 0.15) is 22.2 Å². The summed E-state index contributed by atoms with van der Waals surface area (Å²) in [6.07, 6.45) is 1.37. The predicted octanol–water partition coefficient (Wildman–Crippen LogP) is 0.954. The average Bonchev–Trinajstić information content (AvgIpc) is 2.25. The molecular weight excluding hydrogens is 255 g/mol. The number of hydrazine groups is 1. The third-order valence-electron chi connectivity index (χ3n) is 1.62. The molecule has 6 nitrogen and oxygen atoms in total.